The number of amides is 1. The zero-order valence-corrected chi connectivity index (χ0v) is 14.2. The minimum Gasteiger partial charge on any atom is -0.491 e. The van der Waals surface area contributed by atoms with E-state index in [0.29, 0.717) is 11.3 Å². The number of hydrogen-bond donors (Lipinski definition) is 1. The quantitative estimate of drug-likeness (QED) is 0.536. The summed E-state index contributed by atoms with van der Waals surface area (Å²) in [7, 11) is 0. The lowest BCUT2D eigenvalue weighted by Gasteiger charge is -2.21. The predicted molar refractivity (Wildman–Crippen MR) is 100 cm³/mol. The van der Waals surface area contributed by atoms with Crippen LogP contribution in [0, 0.1) is 10.1 Å². The highest BCUT2D eigenvalue weighted by Crippen LogP contribution is 2.37. The number of carbonyl (C=O) groups is 1. The normalized spacial score (nSPS) is 13.8. The van der Waals surface area contributed by atoms with Crippen LogP contribution in [0.2, 0.25) is 0 Å². The van der Waals surface area contributed by atoms with Gasteiger partial charge in [-0.1, -0.05) is 30.3 Å². The standard InChI is InChI=1S/C20H16N2O5/c23-15(12-27-16-7-3-6-14(10-16)22(25)26)11-21-18-9-2-5-13-4-1-8-17(19(13)18)20(21)24/h1-10,15,23H,11-12H2. The first-order valence-electron chi connectivity index (χ1n) is 8.43. The van der Waals surface area contributed by atoms with Crippen molar-refractivity contribution in [3.8, 4) is 5.75 Å². The van der Waals surface area contributed by atoms with Gasteiger partial charge in [0.15, 0.2) is 0 Å². The lowest BCUT2D eigenvalue weighted by Crippen LogP contribution is -2.37. The Labute approximate surface area is 154 Å². The maximum absolute atomic E-state index is 12.7. The molecule has 0 aromatic heterocycles. The van der Waals surface area contributed by atoms with Crippen molar-refractivity contribution >= 4 is 28.1 Å². The van der Waals surface area contributed by atoms with Crippen LogP contribution in [0.25, 0.3) is 10.8 Å². The first-order valence-corrected chi connectivity index (χ1v) is 8.43. The molecule has 3 aromatic carbocycles. The summed E-state index contributed by atoms with van der Waals surface area (Å²) in [5.74, 6) is 0.137. The topological polar surface area (TPSA) is 92.9 Å². The molecule has 3 aromatic rings. The van der Waals surface area contributed by atoms with Crippen molar-refractivity contribution < 1.29 is 19.6 Å². The second-order valence-electron chi connectivity index (χ2n) is 6.32. The van der Waals surface area contributed by atoms with Crippen LogP contribution in [-0.2, 0) is 0 Å². The molecule has 0 saturated heterocycles. The second kappa shape index (κ2) is 6.69. The van der Waals surface area contributed by atoms with Crippen LogP contribution < -0.4 is 9.64 Å². The first-order chi connectivity index (χ1) is 13.0. The van der Waals surface area contributed by atoms with Gasteiger partial charge in [0.25, 0.3) is 11.6 Å². The Hall–Kier alpha value is -3.45. The summed E-state index contributed by atoms with van der Waals surface area (Å²) < 4.78 is 5.46. The van der Waals surface area contributed by atoms with Crippen LogP contribution in [0.4, 0.5) is 11.4 Å². The molecule has 1 aliphatic rings. The molecule has 0 saturated carbocycles. The molecule has 0 aliphatic carbocycles. The van der Waals surface area contributed by atoms with Gasteiger partial charge in [-0.25, -0.2) is 0 Å². The summed E-state index contributed by atoms with van der Waals surface area (Å²) in [6.07, 6.45) is -0.946. The van der Waals surface area contributed by atoms with E-state index in [1.165, 1.54) is 18.2 Å². The monoisotopic (exact) mass is 364 g/mol. The number of β-amino-alcohol motifs (C(OH)–C–C–N with tert-alkyl or cyclic N) is 1. The first kappa shape index (κ1) is 17.0. The minimum atomic E-state index is -0.946. The zero-order valence-electron chi connectivity index (χ0n) is 14.2. The van der Waals surface area contributed by atoms with E-state index in [9.17, 15) is 20.0 Å². The molecule has 0 fully saturated rings. The molecule has 1 heterocycles. The van der Waals surface area contributed by atoms with Gasteiger partial charge < -0.3 is 14.7 Å². The third kappa shape index (κ3) is 3.09. The van der Waals surface area contributed by atoms with Crippen molar-refractivity contribution in [3.63, 3.8) is 0 Å². The van der Waals surface area contributed by atoms with Crippen molar-refractivity contribution in [2.24, 2.45) is 0 Å². The number of rotatable bonds is 6. The van der Waals surface area contributed by atoms with E-state index in [0.717, 1.165) is 16.5 Å². The molecule has 136 valence electrons. The summed E-state index contributed by atoms with van der Waals surface area (Å²) in [6.45, 7) is -0.0151. The highest BCUT2D eigenvalue weighted by molar-refractivity contribution is 6.25. The van der Waals surface area contributed by atoms with Gasteiger partial charge in [-0.2, -0.15) is 0 Å². The molecule has 0 spiro atoms. The Bertz CT molecular complexity index is 1040. The number of nitro groups is 1. The third-order valence-corrected chi connectivity index (χ3v) is 4.51. The van der Waals surface area contributed by atoms with Crippen molar-refractivity contribution in [1.82, 2.24) is 0 Å². The average Bonchev–Trinajstić information content (AvgIpc) is 2.95. The zero-order chi connectivity index (χ0) is 19.0. The molecule has 1 unspecified atom stereocenters. The van der Waals surface area contributed by atoms with E-state index in [4.69, 9.17) is 4.74 Å². The number of nitrogens with zero attached hydrogens (tertiary/aromatic N) is 2. The number of non-ortho nitro benzene ring substituents is 1. The van der Waals surface area contributed by atoms with Gasteiger partial charge in [0.05, 0.1) is 23.2 Å². The molecular weight excluding hydrogens is 348 g/mol. The van der Waals surface area contributed by atoms with Crippen LogP contribution in [0.5, 0.6) is 5.75 Å². The van der Waals surface area contributed by atoms with Gasteiger partial charge in [-0.15, -0.1) is 0 Å². The fourth-order valence-corrected chi connectivity index (χ4v) is 3.30. The summed E-state index contributed by atoms with van der Waals surface area (Å²) in [5, 5.41) is 23.0. The van der Waals surface area contributed by atoms with E-state index < -0.39 is 11.0 Å². The molecule has 0 radical (unpaired) electrons. The number of aliphatic hydroxyl groups is 1. The van der Waals surface area contributed by atoms with E-state index in [-0.39, 0.29) is 24.7 Å². The Morgan fingerprint density at radius 1 is 1.11 bits per heavy atom. The number of benzene rings is 3. The van der Waals surface area contributed by atoms with Crippen LogP contribution in [0.1, 0.15) is 10.4 Å². The van der Waals surface area contributed by atoms with Crippen LogP contribution >= 0.6 is 0 Å². The number of nitro benzene ring substituents is 1. The number of hydrogen-bond acceptors (Lipinski definition) is 5. The van der Waals surface area contributed by atoms with Crippen molar-refractivity contribution in [2.75, 3.05) is 18.1 Å². The fraction of sp³-hybridized carbons (Fsp3) is 0.150. The molecule has 1 N–H and O–H groups in total. The van der Waals surface area contributed by atoms with Gasteiger partial charge in [0.1, 0.15) is 18.5 Å². The molecule has 1 atom stereocenters. The molecular formula is C20H16N2O5. The smallest absolute Gasteiger partial charge is 0.273 e. The van der Waals surface area contributed by atoms with Gasteiger partial charge >= 0.3 is 0 Å². The Morgan fingerprint density at radius 2 is 1.85 bits per heavy atom. The van der Waals surface area contributed by atoms with E-state index in [1.807, 2.05) is 30.3 Å². The maximum atomic E-state index is 12.7. The largest absolute Gasteiger partial charge is 0.491 e. The summed E-state index contributed by atoms with van der Waals surface area (Å²) >= 11 is 0. The lowest BCUT2D eigenvalue weighted by molar-refractivity contribution is -0.384. The molecule has 4 rings (SSSR count). The van der Waals surface area contributed by atoms with Gasteiger partial charge in [-0.05, 0) is 23.6 Å². The fourth-order valence-electron chi connectivity index (χ4n) is 3.30. The Morgan fingerprint density at radius 3 is 2.63 bits per heavy atom. The molecule has 7 nitrogen and oxygen atoms in total. The number of anilines is 1. The third-order valence-electron chi connectivity index (χ3n) is 4.51. The molecule has 1 amide bonds. The van der Waals surface area contributed by atoms with E-state index in [2.05, 4.69) is 0 Å². The molecule has 27 heavy (non-hydrogen) atoms. The minimum absolute atomic E-state index is 0.0710. The highest BCUT2D eigenvalue weighted by Gasteiger charge is 2.30. The van der Waals surface area contributed by atoms with E-state index >= 15 is 0 Å². The molecule has 7 heteroatoms. The Balaban J connectivity index is 1.47. The highest BCUT2D eigenvalue weighted by atomic mass is 16.6. The molecule has 0 bridgehead atoms. The van der Waals surface area contributed by atoms with E-state index in [1.54, 1.807) is 17.0 Å². The number of aliphatic hydroxyl groups excluding tert-OH is 1. The lowest BCUT2D eigenvalue weighted by atomic mass is 10.1. The van der Waals surface area contributed by atoms with Crippen LogP contribution in [0.15, 0.2) is 60.7 Å². The van der Waals surface area contributed by atoms with Crippen molar-refractivity contribution in [1.29, 1.82) is 0 Å². The Kier molecular flexibility index (Phi) is 4.21. The summed E-state index contributed by atoms with van der Waals surface area (Å²) in [6, 6.07) is 17.0. The van der Waals surface area contributed by atoms with Gasteiger partial charge in [0.2, 0.25) is 0 Å². The summed E-state index contributed by atoms with van der Waals surface area (Å²) in [5.41, 5.74) is 1.30. The maximum Gasteiger partial charge on any atom is 0.273 e. The van der Waals surface area contributed by atoms with Crippen molar-refractivity contribution in [2.45, 2.75) is 6.10 Å². The van der Waals surface area contributed by atoms with Crippen LogP contribution in [0.3, 0.4) is 0 Å². The van der Waals surface area contributed by atoms with Gasteiger partial charge in [0, 0.05) is 17.0 Å². The average molecular weight is 364 g/mol. The van der Waals surface area contributed by atoms with Crippen molar-refractivity contribution in [3.05, 3.63) is 76.3 Å². The van der Waals surface area contributed by atoms with Gasteiger partial charge in [-0.3, -0.25) is 14.9 Å². The summed E-state index contributed by atoms with van der Waals surface area (Å²) in [4.78, 5) is 24.5. The SMILES string of the molecule is O=C1c2cccc3cccc(c23)N1CC(O)COc1cccc([N+](=O)[O-])c1. The second-order valence-corrected chi connectivity index (χ2v) is 6.32. The molecule has 1 aliphatic heterocycles. The number of carbonyl (C=O) groups excluding carboxylic acids is 1. The predicted octanol–water partition coefficient (Wildman–Crippen LogP) is 3.15. The number of ether oxygens (including phenoxy) is 1. The van der Waals surface area contributed by atoms with Crippen LogP contribution in [-0.4, -0.2) is 35.2 Å².